The van der Waals surface area contributed by atoms with E-state index < -0.39 is 52.7 Å². The van der Waals surface area contributed by atoms with Gasteiger partial charge in [-0.05, 0) is 75.2 Å². The van der Waals surface area contributed by atoms with Crippen LogP contribution in [0.5, 0.6) is 0 Å². The zero-order chi connectivity index (χ0) is 25.5. The van der Waals surface area contributed by atoms with Crippen LogP contribution in [0.15, 0.2) is 0 Å². The van der Waals surface area contributed by atoms with E-state index in [2.05, 4.69) is 0 Å². The van der Waals surface area contributed by atoms with E-state index >= 15 is 0 Å². The first-order valence-electron chi connectivity index (χ1n) is 10.9. The molecule has 0 radical (unpaired) electrons. The molecule has 0 fully saturated rings. The number of nitrogens with zero attached hydrogens (tertiary/aromatic N) is 1. The van der Waals surface area contributed by atoms with E-state index in [0.717, 1.165) is 0 Å². The zero-order valence-corrected chi connectivity index (χ0v) is 21.4. The molecule has 0 spiro atoms. The van der Waals surface area contributed by atoms with Crippen LogP contribution in [0.1, 0.15) is 88.0 Å². The van der Waals surface area contributed by atoms with Crippen molar-refractivity contribution in [2.24, 2.45) is 5.73 Å². The van der Waals surface area contributed by atoms with Crippen LogP contribution in [0.3, 0.4) is 0 Å². The first kappa shape index (κ1) is 29.8. The van der Waals surface area contributed by atoms with E-state index in [-0.39, 0.29) is 25.7 Å². The normalized spacial score (nSPS) is 14.2. The number of likely N-dealkylation sites (N-methyl/N-ethyl adjacent to an activating group) is 1. The van der Waals surface area contributed by atoms with Gasteiger partial charge in [0, 0.05) is 19.9 Å². The molecular weight excluding hydrogens is 416 g/mol. The second-order valence-corrected chi connectivity index (χ2v) is 10.9. The van der Waals surface area contributed by atoms with Gasteiger partial charge >= 0.3 is 17.9 Å². The van der Waals surface area contributed by atoms with E-state index in [9.17, 15) is 19.2 Å². The van der Waals surface area contributed by atoms with Crippen LogP contribution in [0, 0.1) is 0 Å². The van der Waals surface area contributed by atoms with Crippen LogP contribution in [-0.4, -0.2) is 64.6 Å². The highest BCUT2D eigenvalue weighted by Gasteiger charge is 2.33. The van der Waals surface area contributed by atoms with Crippen molar-refractivity contribution in [3.63, 3.8) is 0 Å². The van der Waals surface area contributed by atoms with Crippen molar-refractivity contribution in [1.82, 2.24) is 4.90 Å². The molecule has 186 valence electrons. The Hall–Kier alpha value is -2.16. The van der Waals surface area contributed by atoms with Crippen molar-refractivity contribution in [1.29, 1.82) is 0 Å². The van der Waals surface area contributed by atoms with Gasteiger partial charge in [0.1, 0.15) is 28.9 Å². The molecule has 0 bridgehead atoms. The maximum Gasteiger partial charge on any atom is 0.329 e. The molecule has 0 rings (SSSR count). The standard InChI is InChI=1S/C23H42N2O7/c1-21(2,3)30-18(27)14-12-16(20(29)32-23(7,8)9)25(10)17(26)13-11-15(24)19(28)31-22(4,5)6/h15-16H,11-14,24H2,1-10H3/t15-,16-/m0/s1. The lowest BCUT2D eigenvalue weighted by Gasteiger charge is -2.30. The van der Waals surface area contributed by atoms with Crippen LogP contribution in [-0.2, 0) is 33.4 Å². The Bertz CT molecular complexity index is 669. The predicted octanol–water partition coefficient (Wildman–Crippen LogP) is 2.73. The van der Waals surface area contributed by atoms with Crippen molar-refractivity contribution in [3.05, 3.63) is 0 Å². The number of hydrogen-bond acceptors (Lipinski definition) is 8. The highest BCUT2D eigenvalue weighted by molar-refractivity contribution is 5.85. The number of ether oxygens (including phenoxy) is 3. The minimum Gasteiger partial charge on any atom is -0.460 e. The molecule has 0 heterocycles. The number of hydrogen-bond donors (Lipinski definition) is 1. The third kappa shape index (κ3) is 13.3. The summed E-state index contributed by atoms with van der Waals surface area (Å²) in [6.45, 7) is 15.6. The lowest BCUT2D eigenvalue weighted by atomic mass is 10.1. The van der Waals surface area contributed by atoms with Crippen LogP contribution in [0.4, 0.5) is 0 Å². The minimum atomic E-state index is -0.980. The molecular formula is C23H42N2O7. The fourth-order valence-electron chi connectivity index (χ4n) is 2.61. The van der Waals surface area contributed by atoms with E-state index in [4.69, 9.17) is 19.9 Å². The highest BCUT2D eigenvalue weighted by atomic mass is 16.6. The zero-order valence-electron chi connectivity index (χ0n) is 21.4. The molecule has 0 aliphatic carbocycles. The maximum absolute atomic E-state index is 12.7. The molecule has 2 atom stereocenters. The molecule has 0 aromatic rings. The van der Waals surface area contributed by atoms with Gasteiger partial charge < -0.3 is 24.8 Å². The Morgan fingerprint density at radius 2 is 1.16 bits per heavy atom. The molecule has 9 nitrogen and oxygen atoms in total. The number of carbonyl (C=O) groups is 4. The Morgan fingerprint density at radius 1 is 0.719 bits per heavy atom. The number of esters is 3. The molecule has 0 aromatic heterocycles. The van der Waals surface area contributed by atoms with E-state index in [1.165, 1.54) is 11.9 Å². The van der Waals surface area contributed by atoms with Crippen LogP contribution in [0.2, 0.25) is 0 Å². The molecule has 9 heteroatoms. The quantitative estimate of drug-likeness (QED) is 0.413. The van der Waals surface area contributed by atoms with Crippen molar-refractivity contribution in [2.45, 2.75) is 117 Å². The average molecular weight is 459 g/mol. The van der Waals surface area contributed by atoms with Crippen LogP contribution in [0.25, 0.3) is 0 Å². The van der Waals surface area contributed by atoms with Crippen molar-refractivity contribution >= 4 is 23.8 Å². The molecule has 32 heavy (non-hydrogen) atoms. The summed E-state index contributed by atoms with van der Waals surface area (Å²) in [5.74, 6) is -2.09. The Labute approximate surface area is 192 Å². The smallest absolute Gasteiger partial charge is 0.329 e. The molecule has 0 aromatic carbocycles. The third-order valence-corrected chi connectivity index (χ3v) is 3.96. The van der Waals surface area contributed by atoms with Crippen LogP contribution < -0.4 is 5.73 Å². The summed E-state index contributed by atoms with van der Waals surface area (Å²) in [5, 5.41) is 0. The molecule has 0 aliphatic rings. The van der Waals surface area contributed by atoms with Gasteiger partial charge in [-0.1, -0.05) is 0 Å². The van der Waals surface area contributed by atoms with Crippen molar-refractivity contribution < 1.29 is 33.4 Å². The lowest BCUT2D eigenvalue weighted by molar-refractivity contribution is -0.165. The van der Waals surface area contributed by atoms with Crippen molar-refractivity contribution in [2.75, 3.05) is 7.05 Å². The molecule has 1 amide bonds. The Morgan fingerprint density at radius 3 is 1.59 bits per heavy atom. The van der Waals surface area contributed by atoms with Gasteiger partial charge in [0.2, 0.25) is 5.91 Å². The van der Waals surface area contributed by atoms with Gasteiger partial charge in [0.15, 0.2) is 0 Å². The lowest BCUT2D eigenvalue weighted by Crippen LogP contribution is -2.46. The summed E-state index contributed by atoms with van der Waals surface area (Å²) in [5.41, 5.74) is 3.76. The third-order valence-electron chi connectivity index (χ3n) is 3.96. The van der Waals surface area contributed by atoms with E-state index in [1.807, 2.05) is 0 Å². The Kier molecular flexibility index (Phi) is 10.8. The summed E-state index contributed by atoms with van der Waals surface area (Å²) < 4.78 is 16.0. The molecule has 0 saturated carbocycles. The number of carbonyl (C=O) groups excluding carboxylic acids is 4. The van der Waals surface area contributed by atoms with Gasteiger partial charge in [-0.25, -0.2) is 4.79 Å². The van der Waals surface area contributed by atoms with Gasteiger partial charge in [0.25, 0.3) is 0 Å². The van der Waals surface area contributed by atoms with Gasteiger partial charge in [-0.3, -0.25) is 14.4 Å². The van der Waals surface area contributed by atoms with Crippen molar-refractivity contribution in [3.8, 4) is 0 Å². The number of nitrogens with two attached hydrogens (primary N) is 1. The monoisotopic (exact) mass is 458 g/mol. The molecule has 0 saturated heterocycles. The summed E-state index contributed by atoms with van der Waals surface area (Å²) >= 11 is 0. The predicted molar refractivity (Wildman–Crippen MR) is 121 cm³/mol. The first-order chi connectivity index (χ1) is 14.2. The Balaban J connectivity index is 5.18. The van der Waals surface area contributed by atoms with E-state index in [0.29, 0.717) is 0 Å². The molecule has 2 N–H and O–H groups in total. The van der Waals surface area contributed by atoms with E-state index in [1.54, 1.807) is 62.3 Å². The van der Waals surface area contributed by atoms with Crippen LogP contribution >= 0.6 is 0 Å². The molecule has 0 unspecified atom stereocenters. The summed E-state index contributed by atoms with van der Waals surface area (Å²) in [7, 11) is 1.46. The minimum absolute atomic E-state index is 0.0458. The summed E-state index contributed by atoms with van der Waals surface area (Å²) in [6, 6.07) is -1.94. The highest BCUT2D eigenvalue weighted by Crippen LogP contribution is 2.18. The summed E-state index contributed by atoms with van der Waals surface area (Å²) in [6.07, 6.45) is -0.0196. The van der Waals surface area contributed by atoms with Gasteiger partial charge in [-0.2, -0.15) is 0 Å². The summed E-state index contributed by atoms with van der Waals surface area (Å²) in [4.78, 5) is 50.9. The SMILES string of the molecule is CN(C(=O)CC[C@H](N)C(=O)OC(C)(C)C)[C@@H](CCC(=O)OC(C)(C)C)C(=O)OC(C)(C)C. The first-order valence-corrected chi connectivity index (χ1v) is 10.9. The topological polar surface area (TPSA) is 125 Å². The average Bonchev–Trinajstić information content (AvgIpc) is 2.54. The molecule has 0 aliphatic heterocycles. The fourth-order valence-corrected chi connectivity index (χ4v) is 2.61. The fraction of sp³-hybridized carbons (Fsp3) is 0.826. The maximum atomic E-state index is 12.7. The number of rotatable bonds is 9. The second kappa shape index (κ2) is 11.6. The second-order valence-electron chi connectivity index (χ2n) is 10.9. The largest absolute Gasteiger partial charge is 0.460 e. The van der Waals surface area contributed by atoms with Gasteiger partial charge in [-0.15, -0.1) is 0 Å². The number of amides is 1. The van der Waals surface area contributed by atoms with Gasteiger partial charge in [0.05, 0.1) is 0 Å².